The van der Waals surface area contributed by atoms with E-state index in [-0.39, 0.29) is 0 Å². The van der Waals surface area contributed by atoms with Crippen LogP contribution in [0, 0.1) is 21.4 Å². The molecule has 0 aromatic carbocycles. The first-order chi connectivity index (χ1) is 8.20. The lowest BCUT2D eigenvalue weighted by molar-refractivity contribution is -0.389. The molecule has 7 nitrogen and oxygen atoms in total. The minimum atomic E-state index is -4.74. The van der Waals surface area contributed by atoms with E-state index < -0.39 is 42.2 Å². The van der Waals surface area contributed by atoms with Crippen molar-refractivity contribution in [3.05, 3.63) is 27.6 Å². The summed E-state index contributed by atoms with van der Waals surface area (Å²) in [5.74, 6) is 0. The van der Waals surface area contributed by atoms with Crippen LogP contribution in [0.1, 0.15) is 17.7 Å². The van der Waals surface area contributed by atoms with Crippen LogP contribution in [0.3, 0.4) is 0 Å². The molecule has 18 heavy (non-hydrogen) atoms. The molecule has 0 saturated heterocycles. The van der Waals surface area contributed by atoms with Gasteiger partial charge in [-0.2, -0.15) is 5.26 Å². The summed E-state index contributed by atoms with van der Waals surface area (Å²) in [6.45, 7) is 0. The quantitative estimate of drug-likeness (QED) is 0.477. The second-order valence-electron chi connectivity index (χ2n) is 2.84. The molecule has 0 unspecified atom stereocenters. The average molecular weight is 298 g/mol. The SMILES string of the molecule is N#Cc1cnc(C(F)F)c([N+](=O)[O-])c1S(=O)(=O)Cl. The van der Waals surface area contributed by atoms with Crippen LogP contribution in [0.15, 0.2) is 11.1 Å². The second-order valence-corrected chi connectivity index (χ2v) is 5.35. The Morgan fingerprint density at radius 1 is 1.56 bits per heavy atom. The fourth-order valence-electron chi connectivity index (χ4n) is 1.16. The minimum Gasteiger partial charge on any atom is -0.258 e. The molecule has 0 fully saturated rings. The van der Waals surface area contributed by atoms with Crippen molar-refractivity contribution >= 4 is 25.4 Å². The Morgan fingerprint density at radius 3 is 2.44 bits per heavy atom. The molecule has 0 N–H and O–H groups in total. The van der Waals surface area contributed by atoms with Gasteiger partial charge < -0.3 is 0 Å². The molecule has 1 aromatic heterocycles. The monoisotopic (exact) mass is 297 g/mol. The van der Waals surface area contributed by atoms with Crippen LogP contribution in [0.4, 0.5) is 14.5 Å². The molecule has 11 heteroatoms. The summed E-state index contributed by atoms with van der Waals surface area (Å²) in [6, 6.07) is 1.29. The number of nitrogens with zero attached hydrogens (tertiary/aromatic N) is 3. The first kappa shape index (κ1) is 14.2. The number of hydrogen-bond acceptors (Lipinski definition) is 6. The maximum absolute atomic E-state index is 12.5. The van der Waals surface area contributed by atoms with Crippen LogP contribution in [0.2, 0.25) is 0 Å². The predicted molar refractivity (Wildman–Crippen MR) is 53.6 cm³/mol. The van der Waals surface area contributed by atoms with Gasteiger partial charge in [0.15, 0.2) is 10.6 Å². The van der Waals surface area contributed by atoms with Gasteiger partial charge in [0.05, 0.1) is 10.5 Å². The summed E-state index contributed by atoms with van der Waals surface area (Å²) in [6.07, 6.45) is -2.89. The van der Waals surface area contributed by atoms with E-state index in [1.54, 1.807) is 0 Å². The van der Waals surface area contributed by atoms with E-state index in [1.165, 1.54) is 6.07 Å². The lowest BCUT2D eigenvalue weighted by Crippen LogP contribution is -2.08. The lowest BCUT2D eigenvalue weighted by atomic mass is 10.2. The van der Waals surface area contributed by atoms with E-state index in [2.05, 4.69) is 4.98 Å². The number of halogens is 3. The first-order valence-corrected chi connectivity index (χ1v) is 6.31. The molecule has 96 valence electrons. The normalized spacial score (nSPS) is 11.3. The highest BCUT2D eigenvalue weighted by molar-refractivity contribution is 8.13. The van der Waals surface area contributed by atoms with E-state index in [4.69, 9.17) is 15.9 Å². The first-order valence-electron chi connectivity index (χ1n) is 4.00. The van der Waals surface area contributed by atoms with Gasteiger partial charge in [-0.05, 0) is 0 Å². The molecule has 1 aromatic rings. The van der Waals surface area contributed by atoms with Gasteiger partial charge in [0.1, 0.15) is 6.07 Å². The van der Waals surface area contributed by atoms with Crippen molar-refractivity contribution in [1.82, 2.24) is 4.98 Å². The number of hydrogen-bond donors (Lipinski definition) is 0. The molecule has 0 saturated carbocycles. The third kappa shape index (κ3) is 2.52. The maximum atomic E-state index is 12.5. The number of nitro groups is 1. The van der Waals surface area contributed by atoms with Gasteiger partial charge in [0, 0.05) is 16.9 Å². The molecule has 0 amide bonds. The predicted octanol–water partition coefficient (Wildman–Crippen LogP) is 1.73. The molecule has 1 rings (SSSR count). The molecule has 0 radical (unpaired) electrons. The van der Waals surface area contributed by atoms with E-state index in [1.807, 2.05) is 0 Å². The highest BCUT2D eigenvalue weighted by atomic mass is 35.7. The molecule has 0 atom stereocenters. The maximum Gasteiger partial charge on any atom is 0.317 e. The van der Waals surface area contributed by atoms with Gasteiger partial charge in [0.25, 0.3) is 15.5 Å². The van der Waals surface area contributed by atoms with Gasteiger partial charge in [-0.3, -0.25) is 10.1 Å². The summed E-state index contributed by atoms with van der Waals surface area (Å²) in [5, 5.41) is 19.3. The summed E-state index contributed by atoms with van der Waals surface area (Å²) in [7, 11) is 0.170. The van der Waals surface area contributed by atoms with Crippen LogP contribution in [0.25, 0.3) is 0 Å². The van der Waals surface area contributed by atoms with Crippen LogP contribution in [-0.4, -0.2) is 18.3 Å². The topological polar surface area (TPSA) is 114 Å². The van der Waals surface area contributed by atoms with E-state index >= 15 is 0 Å². The van der Waals surface area contributed by atoms with Gasteiger partial charge in [-0.1, -0.05) is 0 Å². The van der Waals surface area contributed by atoms with Crippen molar-refractivity contribution < 1.29 is 22.1 Å². The molecule has 0 spiro atoms. The van der Waals surface area contributed by atoms with E-state index in [9.17, 15) is 27.3 Å². The average Bonchev–Trinajstić information content (AvgIpc) is 2.25. The Hall–Kier alpha value is -1.86. The third-order valence-corrected chi connectivity index (χ3v) is 3.15. The fraction of sp³-hybridized carbons (Fsp3) is 0.143. The number of rotatable bonds is 3. The third-order valence-electron chi connectivity index (χ3n) is 1.79. The zero-order valence-electron chi connectivity index (χ0n) is 8.17. The van der Waals surface area contributed by atoms with Crippen LogP contribution < -0.4 is 0 Å². The summed E-state index contributed by atoms with van der Waals surface area (Å²) in [4.78, 5) is 11.0. The van der Waals surface area contributed by atoms with Crippen LogP contribution in [0.5, 0.6) is 0 Å². The molecule has 1 heterocycles. The smallest absolute Gasteiger partial charge is 0.258 e. The van der Waals surface area contributed by atoms with Crippen molar-refractivity contribution in [2.24, 2.45) is 0 Å². The molecule has 0 aliphatic rings. The van der Waals surface area contributed by atoms with Gasteiger partial charge in [-0.15, -0.1) is 0 Å². The minimum absolute atomic E-state index is 0.490. The van der Waals surface area contributed by atoms with E-state index in [0.29, 0.717) is 6.20 Å². The number of alkyl halides is 2. The second kappa shape index (κ2) is 4.79. The molecular formula is C7H2ClF2N3O4S. The zero-order valence-corrected chi connectivity index (χ0v) is 9.74. The van der Waals surface area contributed by atoms with Crippen molar-refractivity contribution in [2.45, 2.75) is 11.3 Å². The van der Waals surface area contributed by atoms with Crippen LogP contribution >= 0.6 is 10.7 Å². The highest BCUT2D eigenvalue weighted by Gasteiger charge is 2.35. The standard InChI is InChI=1S/C7H2ClF2N3O4S/c8-18(16,17)6-3(1-11)2-12-4(7(9)10)5(6)13(14)15/h2,7H. The summed E-state index contributed by atoms with van der Waals surface area (Å²) in [5.41, 5.74) is -3.63. The fourth-order valence-corrected chi connectivity index (χ4v) is 2.40. The van der Waals surface area contributed by atoms with E-state index in [0.717, 1.165) is 0 Å². The molecular weight excluding hydrogens is 296 g/mol. The van der Waals surface area contributed by atoms with Crippen molar-refractivity contribution in [3.8, 4) is 6.07 Å². The summed E-state index contributed by atoms with van der Waals surface area (Å²) < 4.78 is 47.3. The molecule has 0 aliphatic heterocycles. The number of pyridine rings is 1. The molecule has 0 bridgehead atoms. The van der Waals surface area contributed by atoms with Crippen molar-refractivity contribution in [3.63, 3.8) is 0 Å². The summed E-state index contributed by atoms with van der Waals surface area (Å²) >= 11 is 0. The van der Waals surface area contributed by atoms with Gasteiger partial charge in [-0.25, -0.2) is 22.2 Å². The Morgan fingerprint density at radius 2 is 2.11 bits per heavy atom. The Kier molecular flexibility index (Phi) is 3.78. The lowest BCUT2D eigenvalue weighted by Gasteiger charge is -2.05. The highest BCUT2D eigenvalue weighted by Crippen LogP contribution is 2.36. The van der Waals surface area contributed by atoms with Crippen LogP contribution in [-0.2, 0) is 9.05 Å². The van der Waals surface area contributed by atoms with Gasteiger partial charge >= 0.3 is 5.69 Å². The number of nitriles is 1. The Labute approximate surface area is 103 Å². The Bertz CT molecular complexity index is 655. The zero-order chi connectivity index (χ0) is 14.1. The van der Waals surface area contributed by atoms with Crippen molar-refractivity contribution in [1.29, 1.82) is 5.26 Å². The molecule has 0 aliphatic carbocycles. The van der Waals surface area contributed by atoms with Crippen molar-refractivity contribution in [2.75, 3.05) is 0 Å². The Balaban J connectivity index is 3.90. The number of aromatic nitrogens is 1. The van der Waals surface area contributed by atoms with Gasteiger partial charge in [0.2, 0.25) is 0 Å². The largest absolute Gasteiger partial charge is 0.317 e.